The highest BCUT2D eigenvalue weighted by Gasteiger charge is 2.27. The molecule has 0 fully saturated rings. The average Bonchev–Trinajstić information content (AvgIpc) is 2.57. The number of esters is 2. The molecule has 0 atom stereocenters. The minimum absolute atomic E-state index is 0.239. The molecule has 4 nitrogen and oxygen atoms in total. The first kappa shape index (κ1) is 15.8. The Kier molecular flexibility index (Phi) is 5.31. The Bertz CT molecular complexity index is 682. The summed E-state index contributed by atoms with van der Waals surface area (Å²) >= 11 is 0. The number of hydrogen-bond acceptors (Lipinski definition) is 4. The van der Waals surface area contributed by atoms with Crippen LogP contribution in [0.2, 0.25) is 0 Å². The molecule has 0 aliphatic heterocycles. The van der Waals surface area contributed by atoms with Crippen molar-refractivity contribution in [3.63, 3.8) is 0 Å². The average molecular weight is 298 g/mol. The Balaban J connectivity index is 2.19. The molecule has 0 saturated heterocycles. The molecule has 0 aliphatic rings. The lowest BCUT2D eigenvalue weighted by Crippen LogP contribution is -2.25. The van der Waals surface area contributed by atoms with E-state index < -0.39 is 17.9 Å². The molecular formula is C18H18O4. The van der Waals surface area contributed by atoms with E-state index in [0.29, 0.717) is 0 Å². The zero-order valence-electron chi connectivity index (χ0n) is 12.6. The number of hydrogen-bond donors (Lipinski definition) is 0. The van der Waals surface area contributed by atoms with Crippen molar-refractivity contribution in [3.05, 3.63) is 54.1 Å². The largest absolute Gasteiger partial charge is 0.468 e. The number of carbonyl (C=O) groups excluding carboxylic acids is 2. The molecule has 2 aromatic rings. The van der Waals surface area contributed by atoms with Crippen LogP contribution >= 0.6 is 0 Å². The molecule has 0 N–H and O–H groups in total. The van der Waals surface area contributed by atoms with Crippen LogP contribution in [-0.4, -0.2) is 26.2 Å². The van der Waals surface area contributed by atoms with Crippen molar-refractivity contribution in [2.75, 3.05) is 14.2 Å². The first-order valence-electron chi connectivity index (χ1n) is 6.97. The number of ether oxygens (including phenoxy) is 2. The van der Waals surface area contributed by atoms with E-state index in [0.717, 1.165) is 16.3 Å². The van der Waals surface area contributed by atoms with Gasteiger partial charge in [0, 0.05) is 0 Å². The van der Waals surface area contributed by atoms with Gasteiger partial charge in [0.25, 0.3) is 0 Å². The van der Waals surface area contributed by atoms with Gasteiger partial charge in [-0.3, -0.25) is 9.59 Å². The molecule has 0 radical (unpaired) electrons. The summed E-state index contributed by atoms with van der Waals surface area (Å²) in [5, 5.41) is 2.26. The van der Waals surface area contributed by atoms with Crippen molar-refractivity contribution in [2.24, 2.45) is 5.92 Å². The fraction of sp³-hybridized carbons (Fsp3) is 0.222. The van der Waals surface area contributed by atoms with Gasteiger partial charge < -0.3 is 9.47 Å². The molecule has 0 aliphatic carbocycles. The summed E-state index contributed by atoms with van der Waals surface area (Å²) in [5.74, 6) is -2.11. The van der Waals surface area contributed by atoms with Crippen molar-refractivity contribution < 1.29 is 19.1 Å². The summed E-state index contributed by atoms with van der Waals surface area (Å²) in [5.41, 5.74) is 1.03. The van der Waals surface area contributed by atoms with Crippen molar-refractivity contribution in [2.45, 2.75) is 6.42 Å². The lowest BCUT2D eigenvalue weighted by Gasteiger charge is -2.09. The van der Waals surface area contributed by atoms with Gasteiger partial charge in [0.05, 0.1) is 14.2 Å². The lowest BCUT2D eigenvalue weighted by atomic mass is 10.0. The lowest BCUT2D eigenvalue weighted by molar-refractivity contribution is -0.158. The first-order valence-corrected chi connectivity index (χ1v) is 6.97. The van der Waals surface area contributed by atoms with Crippen molar-refractivity contribution in [3.8, 4) is 0 Å². The SMILES string of the molecule is COC(=O)C(C/C=C/c1cccc2ccccc12)C(=O)OC. The minimum Gasteiger partial charge on any atom is -0.468 e. The second kappa shape index (κ2) is 7.41. The standard InChI is InChI=1S/C18H18O4/c1-21-17(19)16(18(20)22-2)12-6-10-14-9-5-8-13-7-3-4-11-15(13)14/h3-11,16H,12H2,1-2H3/b10-6+. The van der Waals surface area contributed by atoms with Crippen molar-refractivity contribution in [1.82, 2.24) is 0 Å². The molecule has 0 unspecified atom stereocenters. The summed E-state index contributed by atoms with van der Waals surface area (Å²) in [7, 11) is 2.51. The summed E-state index contributed by atoms with van der Waals surface area (Å²) in [4.78, 5) is 23.2. The van der Waals surface area contributed by atoms with Gasteiger partial charge in [0.2, 0.25) is 0 Å². The van der Waals surface area contributed by atoms with Crippen LogP contribution in [0.15, 0.2) is 48.5 Å². The van der Waals surface area contributed by atoms with E-state index in [1.54, 1.807) is 6.08 Å². The maximum Gasteiger partial charge on any atom is 0.320 e. The third kappa shape index (κ3) is 3.52. The van der Waals surface area contributed by atoms with Gasteiger partial charge in [-0.05, 0) is 22.8 Å². The first-order chi connectivity index (χ1) is 10.7. The van der Waals surface area contributed by atoms with E-state index in [1.165, 1.54) is 14.2 Å². The highest BCUT2D eigenvalue weighted by Crippen LogP contribution is 2.20. The molecule has 0 bridgehead atoms. The van der Waals surface area contributed by atoms with E-state index in [9.17, 15) is 9.59 Å². The number of allylic oxidation sites excluding steroid dienone is 1. The van der Waals surface area contributed by atoms with Crippen LogP contribution in [0.25, 0.3) is 16.8 Å². The van der Waals surface area contributed by atoms with Crippen LogP contribution in [0.3, 0.4) is 0 Å². The van der Waals surface area contributed by atoms with Crippen LogP contribution < -0.4 is 0 Å². The number of methoxy groups -OCH3 is 2. The van der Waals surface area contributed by atoms with Crippen LogP contribution in [0, 0.1) is 5.92 Å². The molecule has 22 heavy (non-hydrogen) atoms. The normalized spacial score (nSPS) is 11.0. The third-order valence-corrected chi connectivity index (χ3v) is 3.46. The smallest absolute Gasteiger partial charge is 0.320 e. The Labute approximate surface area is 129 Å². The second-order valence-electron chi connectivity index (χ2n) is 4.81. The van der Waals surface area contributed by atoms with Crippen molar-refractivity contribution in [1.29, 1.82) is 0 Å². The number of carbonyl (C=O) groups is 2. The fourth-order valence-corrected chi connectivity index (χ4v) is 2.30. The third-order valence-electron chi connectivity index (χ3n) is 3.46. The Hall–Kier alpha value is -2.62. The monoisotopic (exact) mass is 298 g/mol. The van der Waals surface area contributed by atoms with Gasteiger partial charge in [0.15, 0.2) is 5.92 Å². The maximum atomic E-state index is 11.6. The van der Waals surface area contributed by atoms with E-state index in [2.05, 4.69) is 9.47 Å². The van der Waals surface area contributed by atoms with Gasteiger partial charge in [-0.1, -0.05) is 54.6 Å². The van der Waals surface area contributed by atoms with E-state index >= 15 is 0 Å². The predicted octanol–water partition coefficient (Wildman–Crippen LogP) is 3.21. The molecule has 2 aromatic carbocycles. The topological polar surface area (TPSA) is 52.6 Å². The van der Waals surface area contributed by atoms with Crippen LogP contribution in [0.5, 0.6) is 0 Å². The zero-order valence-corrected chi connectivity index (χ0v) is 12.6. The molecular weight excluding hydrogens is 280 g/mol. The molecule has 114 valence electrons. The molecule has 0 amide bonds. The second-order valence-corrected chi connectivity index (χ2v) is 4.81. The van der Waals surface area contributed by atoms with E-state index in [1.807, 2.05) is 48.5 Å². The predicted molar refractivity (Wildman–Crippen MR) is 85.1 cm³/mol. The Morgan fingerprint density at radius 3 is 2.32 bits per heavy atom. The highest BCUT2D eigenvalue weighted by molar-refractivity contribution is 5.95. The molecule has 4 heteroatoms. The van der Waals surface area contributed by atoms with Crippen LogP contribution in [0.4, 0.5) is 0 Å². The zero-order chi connectivity index (χ0) is 15.9. The summed E-state index contributed by atoms with van der Waals surface area (Å²) in [6.07, 6.45) is 3.93. The van der Waals surface area contributed by atoms with Crippen LogP contribution in [-0.2, 0) is 19.1 Å². The highest BCUT2D eigenvalue weighted by atomic mass is 16.5. The van der Waals surface area contributed by atoms with E-state index in [4.69, 9.17) is 0 Å². The quantitative estimate of drug-likeness (QED) is 0.628. The van der Waals surface area contributed by atoms with Gasteiger partial charge in [-0.25, -0.2) is 0 Å². The molecule has 0 saturated carbocycles. The molecule has 2 rings (SSSR count). The molecule has 0 heterocycles. The fourth-order valence-electron chi connectivity index (χ4n) is 2.30. The summed E-state index contributed by atoms with van der Waals surface area (Å²) < 4.78 is 9.27. The number of fused-ring (bicyclic) bond motifs is 1. The Morgan fingerprint density at radius 1 is 1.00 bits per heavy atom. The van der Waals surface area contributed by atoms with E-state index in [-0.39, 0.29) is 6.42 Å². The van der Waals surface area contributed by atoms with Gasteiger partial charge in [-0.15, -0.1) is 0 Å². The number of rotatable bonds is 5. The summed E-state index contributed by atoms with van der Waals surface area (Å²) in [6.45, 7) is 0. The minimum atomic E-state index is -0.929. The van der Waals surface area contributed by atoms with Gasteiger partial charge in [-0.2, -0.15) is 0 Å². The van der Waals surface area contributed by atoms with Gasteiger partial charge in [0.1, 0.15) is 0 Å². The molecule has 0 aromatic heterocycles. The Morgan fingerprint density at radius 2 is 1.64 bits per heavy atom. The van der Waals surface area contributed by atoms with Crippen molar-refractivity contribution >= 4 is 28.8 Å². The maximum absolute atomic E-state index is 11.6. The molecule has 0 spiro atoms. The van der Waals surface area contributed by atoms with Gasteiger partial charge >= 0.3 is 11.9 Å². The van der Waals surface area contributed by atoms with Crippen LogP contribution in [0.1, 0.15) is 12.0 Å². The summed E-state index contributed by atoms with van der Waals surface area (Å²) in [6, 6.07) is 14.0. The number of benzene rings is 2.